The molecule has 2 N–H and O–H groups in total. The zero-order chi connectivity index (χ0) is 14.6. The lowest BCUT2D eigenvalue weighted by molar-refractivity contribution is -0.118. The van der Waals surface area contributed by atoms with Gasteiger partial charge in [-0.25, -0.2) is 4.79 Å². The maximum atomic E-state index is 12.3. The Hall–Kier alpha value is -1.36. The van der Waals surface area contributed by atoms with Gasteiger partial charge in [-0.15, -0.1) is 11.3 Å². The molecule has 0 spiro atoms. The molecule has 1 amide bonds. The van der Waals surface area contributed by atoms with E-state index in [1.807, 2.05) is 6.92 Å². The van der Waals surface area contributed by atoms with Crippen molar-refractivity contribution in [2.45, 2.75) is 34.6 Å². The van der Waals surface area contributed by atoms with Gasteiger partial charge in [0.25, 0.3) is 0 Å². The molecule has 104 valence electrons. The molecule has 1 aliphatic rings. The lowest BCUT2D eigenvalue weighted by Crippen LogP contribution is -2.19. The van der Waals surface area contributed by atoms with E-state index in [-0.39, 0.29) is 27.5 Å². The summed E-state index contributed by atoms with van der Waals surface area (Å²) in [6.45, 7) is 10.1. The number of rotatable bonds is 3. The SMILES string of the molecule is Cc1csc(C(=O)O)c1NC(=O)C1C(C)(C)C1(C)C. The Labute approximate surface area is 116 Å². The van der Waals surface area contributed by atoms with Crippen molar-refractivity contribution in [3.8, 4) is 0 Å². The highest BCUT2D eigenvalue weighted by Crippen LogP contribution is 2.68. The number of amides is 1. The molecule has 0 atom stereocenters. The van der Waals surface area contributed by atoms with Gasteiger partial charge in [0.05, 0.1) is 5.69 Å². The summed E-state index contributed by atoms with van der Waals surface area (Å²) in [4.78, 5) is 23.6. The Morgan fingerprint density at radius 2 is 1.79 bits per heavy atom. The molecule has 0 aromatic carbocycles. The number of carboxylic acid groups (broad SMARTS) is 1. The van der Waals surface area contributed by atoms with Crippen LogP contribution in [0, 0.1) is 23.7 Å². The van der Waals surface area contributed by atoms with Gasteiger partial charge in [0.1, 0.15) is 4.88 Å². The van der Waals surface area contributed by atoms with Crippen LogP contribution in [0.1, 0.15) is 42.9 Å². The van der Waals surface area contributed by atoms with Crippen molar-refractivity contribution < 1.29 is 14.7 Å². The van der Waals surface area contributed by atoms with Crippen molar-refractivity contribution in [3.63, 3.8) is 0 Å². The fourth-order valence-electron chi connectivity index (χ4n) is 2.80. The predicted molar refractivity (Wildman–Crippen MR) is 75.7 cm³/mol. The van der Waals surface area contributed by atoms with Crippen LogP contribution in [0.5, 0.6) is 0 Å². The molecule has 4 nitrogen and oxygen atoms in total. The second kappa shape index (κ2) is 4.07. The summed E-state index contributed by atoms with van der Waals surface area (Å²) in [7, 11) is 0. The summed E-state index contributed by atoms with van der Waals surface area (Å²) in [5.41, 5.74) is 1.14. The van der Waals surface area contributed by atoms with Crippen LogP contribution in [0.15, 0.2) is 5.38 Å². The highest BCUT2D eigenvalue weighted by atomic mass is 32.1. The lowest BCUT2D eigenvalue weighted by atomic mass is 10.0. The molecule has 2 rings (SSSR count). The van der Waals surface area contributed by atoms with Gasteiger partial charge in [0.15, 0.2) is 0 Å². The molecule has 1 aliphatic carbocycles. The fourth-order valence-corrected chi connectivity index (χ4v) is 3.65. The number of hydrogen-bond donors (Lipinski definition) is 2. The highest BCUT2D eigenvalue weighted by molar-refractivity contribution is 7.12. The topological polar surface area (TPSA) is 66.4 Å². The van der Waals surface area contributed by atoms with Gasteiger partial charge >= 0.3 is 5.97 Å². The standard InChI is InChI=1S/C14H19NO3S/c1-7-6-19-9(12(17)18)8(7)15-11(16)10-13(2,3)14(10,4)5/h6,10H,1-5H3,(H,15,16)(H,17,18). The first-order valence-electron chi connectivity index (χ1n) is 6.23. The number of anilines is 1. The monoisotopic (exact) mass is 281 g/mol. The minimum Gasteiger partial charge on any atom is -0.477 e. The van der Waals surface area contributed by atoms with Gasteiger partial charge < -0.3 is 10.4 Å². The van der Waals surface area contributed by atoms with Crippen LogP contribution in [0.3, 0.4) is 0 Å². The summed E-state index contributed by atoms with van der Waals surface area (Å²) in [6, 6.07) is 0. The number of nitrogens with one attached hydrogen (secondary N) is 1. The Balaban J connectivity index is 2.22. The summed E-state index contributed by atoms with van der Waals surface area (Å²) >= 11 is 1.14. The molecular weight excluding hydrogens is 262 g/mol. The van der Waals surface area contributed by atoms with Crippen molar-refractivity contribution in [1.29, 1.82) is 0 Å². The average molecular weight is 281 g/mol. The van der Waals surface area contributed by atoms with Gasteiger partial charge in [-0.2, -0.15) is 0 Å². The van der Waals surface area contributed by atoms with Crippen LogP contribution in [-0.2, 0) is 4.79 Å². The quantitative estimate of drug-likeness (QED) is 0.892. The van der Waals surface area contributed by atoms with E-state index in [0.717, 1.165) is 16.9 Å². The van der Waals surface area contributed by atoms with E-state index in [1.54, 1.807) is 5.38 Å². The summed E-state index contributed by atoms with van der Waals surface area (Å²) in [5, 5.41) is 13.7. The Morgan fingerprint density at radius 3 is 2.21 bits per heavy atom. The minimum absolute atomic E-state index is 0.0512. The van der Waals surface area contributed by atoms with Crippen LogP contribution < -0.4 is 5.32 Å². The molecule has 0 aliphatic heterocycles. The van der Waals surface area contributed by atoms with Gasteiger partial charge in [0.2, 0.25) is 5.91 Å². The zero-order valence-corrected chi connectivity index (χ0v) is 12.6. The van der Waals surface area contributed by atoms with Crippen molar-refractivity contribution >= 4 is 28.9 Å². The van der Waals surface area contributed by atoms with Crippen molar-refractivity contribution in [3.05, 3.63) is 15.8 Å². The fraction of sp³-hybridized carbons (Fsp3) is 0.571. The first kappa shape index (κ1) is 14.1. The predicted octanol–water partition coefficient (Wildman–Crippen LogP) is 3.38. The van der Waals surface area contributed by atoms with Crippen molar-refractivity contribution in [2.24, 2.45) is 16.7 Å². The van der Waals surface area contributed by atoms with Crippen LogP contribution in [0.25, 0.3) is 0 Å². The molecular formula is C14H19NO3S. The zero-order valence-electron chi connectivity index (χ0n) is 11.8. The molecule has 1 fully saturated rings. The Morgan fingerprint density at radius 1 is 1.26 bits per heavy atom. The van der Waals surface area contributed by atoms with E-state index in [4.69, 9.17) is 5.11 Å². The van der Waals surface area contributed by atoms with Crippen LogP contribution in [-0.4, -0.2) is 17.0 Å². The van der Waals surface area contributed by atoms with Crippen molar-refractivity contribution in [1.82, 2.24) is 0 Å². The molecule has 0 saturated heterocycles. The smallest absolute Gasteiger partial charge is 0.348 e. The molecule has 1 aromatic rings. The third-order valence-corrected chi connectivity index (χ3v) is 5.79. The van der Waals surface area contributed by atoms with Crippen LogP contribution >= 0.6 is 11.3 Å². The molecule has 19 heavy (non-hydrogen) atoms. The molecule has 5 heteroatoms. The van der Waals surface area contributed by atoms with Crippen LogP contribution in [0.4, 0.5) is 5.69 Å². The van der Waals surface area contributed by atoms with Gasteiger partial charge in [-0.05, 0) is 28.7 Å². The number of carboxylic acids is 1. The molecule has 1 aromatic heterocycles. The second-order valence-corrected chi connectivity index (χ2v) is 7.17. The normalized spacial score (nSPS) is 20.1. The molecule has 1 saturated carbocycles. The second-order valence-electron chi connectivity index (χ2n) is 6.29. The minimum atomic E-state index is -0.997. The molecule has 0 unspecified atom stereocenters. The molecule has 0 radical (unpaired) electrons. The van der Waals surface area contributed by atoms with Gasteiger partial charge in [-0.3, -0.25) is 4.79 Å². The Bertz CT molecular complexity index is 543. The number of hydrogen-bond acceptors (Lipinski definition) is 3. The lowest BCUT2D eigenvalue weighted by Gasteiger charge is -2.07. The van der Waals surface area contributed by atoms with Gasteiger partial charge in [-0.1, -0.05) is 27.7 Å². The van der Waals surface area contributed by atoms with Crippen molar-refractivity contribution in [2.75, 3.05) is 5.32 Å². The van der Waals surface area contributed by atoms with E-state index in [9.17, 15) is 9.59 Å². The van der Waals surface area contributed by atoms with E-state index in [2.05, 4.69) is 33.0 Å². The van der Waals surface area contributed by atoms with Gasteiger partial charge in [0, 0.05) is 5.92 Å². The summed E-state index contributed by atoms with van der Waals surface area (Å²) in [5.74, 6) is -1.16. The van der Waals surface area contributed by atoms with E-state index < -0.39 is 5.97 Å². The molecule has 0 bridgehead atoms. The average Bonchev–Trinajstić information content (AvgIpc) is 2.54. The number of aryl methyl sites for hydroxylation is 1. The summed E-state index contributed by atoms with van der Waals surface area (Å²) in [6.07, 6.45) is 0. The number of carbonyl (C=O) groups is 2. The Kier molecular flexibility index (Phi) is 3.01. The number of aromatic carboxylic acids is 1. The highest BCUT2D eigenvalue weighted by Gasteiger charge is 2.68. The maximum absolute atomic E-state index is 12.3. The largest absolute Gasteiger partial charge is 0.477 e. The third kappa shape index (κ3) is 1.96. The first-order chi connectivity index (χ1) is 8.60. The van der Waals surface area contributed by atoms with E-state index >= 15 is 0 Å². The first-order valence-corrected chi connectivity index (χ1v) is 7.11. The van der Waals surface area contributed by atoms with Crippen LogP contribution in [0.2, 0.25) is 0 Å². The maximum Gasteiger partial charge on any atom is 0.348 e. The molecule has 1 heterocycles. The number of carbonyl (C=O) groups excluding carboxylic acids is 1. The van der Waals surface area contributed by atoms with E-state index in [1.165, 1.54) is 0 Å². The third-order valence-electron chi connectivity index (χ3n) is 4.70. The summed E-state index contributed by atoms with van der Waals surface area (Å²) < 4.78 is 0. The number of thiophene rings is 1. The van der Waals surface area contributed by atoms with E-state index in [0.29, 0.717) is 5.69 Å².